The molecule has 0 bridgehead atoms. The smallest absolute Gasteiger partial charge is 0.310 e. The minimum atomic E-state index is -0.219. The Hall–Kier alpha value is -1.47. The van der Waals surface area contributed by atoms with Gasteiger partial charge in [0.05, 0.1) is 37.3 Å². The van der Waals surface area contributed by atoms with Crippen LogP contribution in [0.15, 0.2) is 6.08 Å². The number of quaternary nitrogens is 1. The van der Waals surface area contributed by atoms with E-state index in [0.717, 1.165) is 37.2 Å². The topological polar surface area (TPSA) is 61.3 Å². The lowest BCUT2D eigenvalue weighted by molar-refractivity contribution is -0.954. The van der Waals surface area contributed by atoms with E-state index >= 15 is 0 Å². The summed E-state index contributed by atoms with van der Waals surface area (Å²) in [4.78, 5) is 12.1. The number of esters is 1. The first-order chi connectivity index (χ1) is 13.7. The Morgan fingerprint density at radius 2 is 2.00 bits per heavy atom. The molecule has 1 aromatic heterocycles. The molecule has 29 heavy (non-hydrogen) atoms. The van der Waals surface area contributed by atoms with Crippen molar-refractivity contribution in [3.05, 3.63) is 11.8 Å². The van der Waals surface area contributed by atoms with Crippen LogP contribution in [0.1, 0.15) is 78.8 Å². The first-order valence-corrected chi connectivity index (χ1v) is 11.6. The summed E-state index contributed by atoms with van der Waals surface area (Å²) in [7, 11) is 2.18. The van der Waals surface area contributed by atoms with Crippen LogP contribution in [0.2, 0.25) is 0 Å². The standard InChI is InChI=1S/C22H38N3O3S/c1-7-9-10-11-15-27-20-19(23-29-24-20)17-13-12-14-25(6,16-17)21(22(3,4)5)28-18(26)8-2/h13,21H,7-12,14-16H2,1-6H3/q+1. The second-order valence-corrected chi connectivity index (χ2v) is 9.80. The molecule has 2 unspecified atom stereocenters. The maximum Gasteiger partial charge on any atom is 0.310 e. The Morgan fingerprint density at radius 1 is 1.24 bits per heavy atom. The molecule has 2 heterocycles. The average Bonchev–Trinajstić information content (AvgIpc) is 3.13. The molecule has 0 aromatic carbocycles. The highest BCUT2D eigenvalue weighted by atomic mass is 32.1. The molecule has 1 aliphatic rings. The van der Waals surface area contributed by atoms with Gasteiger partial charge in [0.15, 0.2) is 0 Å². The minimum Gasteiger partial charge on any atom is -0.475 e. The van der Waals surface area contributed by atoms with Gasteiger partial charge in [-0.3, -0.25) is 9.28 Å². The highest BCUT2D eigenvalue weighted by Gasteiger charge is 2.46. The number of carbonyl (C=O) groups excluding carboxylic acids is 1. The van der Waals surface area contributed by atoms with Crippen molar-refractivity contribution < 1.29 is 18.8 Å². The SMILES string of the molecule is CCCCCCOc1nsnc1C1=CCC[N+](C)(C(OC(=O)CC)C(C)(C)C)C1. The summed E-state index contributed by atoms with van der Waals surface area (Å²) < 4.78 is 21.5. The third-order valence-electron chi connectivity index (χ3n) is 5.40. The second-order valence-electron chi connectivity index (χ2n) is 9.27. The summed E-state index contributed by atoms with van der Waals surface area (Å²) >= 11 is 1.20. The number of rotatable bonds is 10. The molecule has 0 fully saturated rings. The Kier molecular flexibility index (Phi) is 8.64. The summed E-state index contributed by atoms with van der Waals surface area (Å²) in [6.45, 7) is 12.8. The molecule has 1 aromatic rings. The van der Waals surface area contributed by atoms with Crippen LogP contribution in [0.25, 0.3) is 5.57 Å². The molecule has 7 heteroatoms. The summed E-state index contributed by atoms with van der Waals surface area (Å²) in [6.07, 6.45) is 7.98. The van der Waals surface area contributed by atoms with Gasteiger partial charge in [-0.15, -0.1) is 4.37 Å². The van der Waals surface area contributed by atoms with E-state index in [1.54, 1.807) is 0 Å². The number of hydrogen-bond donors (Lipinski definition) is 0. The van der Waals surface area contributed by atoms with Crippen molar-refractivity contribution in [2.24, 2.45) is 5.41 Å². The van der Waals surface area contributed by atoms with Crippen LogP contribution in [-0.4, -0.2) is 52.2 Å². The van der Waals surface area contributed by atoms with E-state index < -0.39 is 0 Å². The fraction of sp³-hybridized carbons (Fsp3) is 0.773. The quantitative estimate of drug-likeness (QED) is 0.299. The molecule has 0 saturated carbocycles. The minimum absolute atomic E-state index is 0.146. The highest BCUT2D eigenvalue weighted by Crippen LogP contribution is 2.37. The van der Waals surface area contributed by atoms with Crippen molar-refractivity contribution in [2.45, 2.75) is 79.4 Å². The molecule has 2 rings (SSSR count). The molecule has 0 spiro atoms. The molecular weight excluding hydrogens is 386 g/mol. The highest BCUT2D eigenvalue weighted by molar-refractivity contribution is 6.99. The van der Waals surface area contributed by atoms with Gasteiger partial charge in [-0.1, -0.05) is 60.0 Å². The normalized spacial score (nSPS) is 20.8. The van der Waals surface area contributed by atoms with Gasteiger partial charge in [0.25, 0.3) is 5.88 Å². The van der Waals surface area contributed by atoms with E-state index in [0.29, 0.717) is 23.4 Å². The van der Waals surface area contributed by atoms with Gasteiger partial charge in [0.1, 0.15) is 12.2 Å². The molecule has 0 saturated heterocycles. The number of carbonyl (C=O) groups is 1. The summed E-state index contributed by atoms with van der Waals surface area (Å²) in [6, 6.07) is 0. The van der Waals surface area contributed by atoms with Crippen LogP contribution in [0.4, 0.5) is 0 Å². The van der Waals surface area contributed by atoms with Crippen LogP contribution in [0, 0.1) is 5.41 Å². The maximum absolute atomic E-state index is 12.1. The first kappa shape index (κ1) is 23.8. The van der Waals surface area contributed by atoms with Gasteiger partial charge in [-0.05, 0) is 6.42 Å². The van der Waals surface area contributed by atoms with E-state index in [9.17, 15) is 4.79 Å². The lowest BCUT2D eigenvalue weighted by Crippen LogP contribution is -2.61. The summed E-state index contributed by atoms with van der Waals surface area (Å²) in [5, 5.41) is 0. The Labute approximate surface area is 180 Å². The number of hydrogen-bond acceptors (Lipinski definition) is 6. The van der Waals surface area contributed by atoms with E-state index in [1.165, 1.54) is 31.0 Å². The van der Waals surface area contributed by atoms with E-state index in [1.807, 2.05) is 6.92 Å². The second kappa shape index (κ2) is 10.5. The number of ether oxygens (including phenoxy) is 2. The Bertz CT molecular complexity index is 696. The van der Waals surface area contributed by atoms with Crippen molar-refractivity contribution in [1.29, 1.82) is 0 Å². The molecule has 164 valence electrons. The molecular formula is C22H38N3O3S+. The third-order valence-corrected chi connectivity index (χ3v) is 5.91. The number of nitrogens with zero attached hydrogens (tertiary/aromatic N) is 3. The largest absolute Gasteiger partial charge is 0.475 e. The Balaban J connectivity index is 2.14. The average molecular weight is 425 g/mol. The third kappa shape index (κ3) is 6.51. The lowest BCUT2D eigenvalue weighted by atomic mass is 9.89. The van der Waals surface area contributed by atoms with Gasteiger partial charge < -0.3 is 9.47 Å². The van der Waals surface area contributed by atoms with Gasteiger partial charge in [-0.2, -0.15) is 4.37 Å². The van der Waals surface area contributed by atoms with Crippen molar-refractivity contribution >= 4 is 23.3 Å². The van der Waals surface area contributed by atoms with Crippen molar-refractivity contribution in [3.63, 3.8) is 0 Å². The number of aromatic nitrogens is 2. The van der Waals surface area contributed by atoms with Crippen LogP contribution < -0.4 is 4.74 Å². The molecule has 2 atom stereocenters. The predicted octanol–water partition coefficient (Wildman–Crippen LogP) is 5.06. The monoisotopic (exact) mass is 424 g/mol. The molecule has 0 radical (unpaired) electrons. The number of likely N-dealkylation sites (N-methyl/N-ethyl adjacent to an activating group) is 1. The van der Waals surface area contributed by atoms with Gasteiger partial charge >= 0.3 is 5.97 Å². The van der Waals surface area contributed by atoms with E-state index in [-0.39, 0.29) is 17.6 Å². The molecule has 0 aliphatic carbocycles. The summed E-state index contributed by atoms with van der Waals surface area (Å²) in [5.41, 5.74) is 1.82. The first-order valence-electron chi connectivity index (χ1n) is 10.9. The molecule has 0 N–H and O–H groups in total. The predicted molar refractivity (Wildman–Crippen MR) is 118 cm³/mol. The van der Waals surface area contributed by atoms with E-state index in [4.69, 9.17) is 9.47 Å². The van der Waals surface area contributed by atoms with Gasteiger partial charge in [0.2, 0.25) is 6.23 Å². The fourth-order valence-electron chi connectivity index (χ4n) is 4.05. The zero-order valence-corrected chi connectivity index (χ0v) is 19.8. The van der Waals surface area contributed by atoms with Crippen LogP contribution in [0.5, 0.6) is 5.88 Å². The number of unbranched alkanes of at least 4 members (excludes halogenated alkanes) is 3. The maximum atomic E-state index is 12.1. The lowest BCUT2D eigenvalue weighted by Gasteiger charge is -2.47. The molecule has 0 amide bonds. The summed E-state index contributed by atoms with van der Waals surface area (Å²) in [5.74, 6) is 0.496. The Morgan fingerprint density at radius 3 is 2.66 bits per heavy atom. The fourth-order valence-corrected chi connectivity index (χ4v) is 4.59. The van der Waals surface area contributed by atoms with Crippen LogP contribution in [-0.2, 0) is 9.53 Å². The van der Waals surface area contributed by atoms with E-state index in [2.05, 4.69) is 49.6 Å². The van der Waals surface area contributed by atoms with Crippen molar-refractivity contribution in [2.75, 3.05) is 26.7 Å². The van der Waals surface area contributed by atoms with Crippen molar-refractivity contribution in [3.8, 4) is 5.88 Å². The molecule has 1 aliphatic heterocycles. The van der Waals surface area contributed by atoms with Crippen molar-refractivity contribution in [1.82, 2.24) is 8.75 Å². The van der Waals surface area contributed by atoms with Crippen LogP contribution >= 0.6 is 11.7 Å². The molecule has 6 nitrogen and oxygen atoms in total. The zero-order valence-electron chi connectivity index (χ0n) is 19.0. The zero-order chi connectivity index (χ0) is 21.5. The van der Waals surface area contributed by atoms with Crippen LogP contribution in [0.3, 0.4) is 0 Å². The van der Waals surface area contributed by atoms with Gasteiger partial charge in [-0.25, -0.2) is 0 Å². The van der Waals surface area contributed by atoms with Gasteiger partial charge in [0, 0.05) is 18.4 Å².